The Balaban J connectivity index is 1.63. The minimum Gasteiger partial charge on any atom is -0.497 e. The van der Waals surface area contributed by atoms with E-state index in [0.717, 1.165) is 38.5 Å². The lowest BCUT2D eigenvalue weighted by Gasteiger charge is -2.31. The Bertz CT molecular complexity index is 1360. The zero-order chi connectivity index (χ0) is 22.2. The fourth-order valence-corrected chi connectivity index (χ4v) is 4.54. The number of rotatable bonds is 4. The van der Waals surface area contributed by atoms with Crippen LogP contribution >= 0.6 is 15.9 Å². The van der Waals surface area contributed by atoms with Gasteiger partial charge in [0.1, 0.15) is 5.75 Å². The summed E-state index contributed by atoms with van der Waals surface area (Å²) in [5.41, 5.74) is 4.93. The van der Waals surface area contributed by atoms with Gasteiger partial charge in [0.25, 0.3) is 5.91 Å². The first-order valence-electron chi connectivity index (χ1n) is 10.2. The Morgan fingerprint density at radius 2 is 1.88 bits per heavy atom. The van der Waals surface area contributed by atoms with E-state index in [1.54, 1.807) is 7.11 Å². The van der Waals surface area contributed by atoms with Crippen LogP contribution < -0.4 is 15.4 Å². The monoisotopic (exact) mass is 488 g/mol. The number of methoxy groups -OCH3 is 1. The van der Waals surface area contributed by atoms with Crippen molar-refractivity contribution >= 4 is 44.5 Å². The Labute approximate surface area is 194 Å². The molecular weight excluding hydrogens is 468 g/mol. The molecule has 1 aromatic heterocycles. The van der Waals surface area contributed by atoms with Crippen LogP contribution in [-0.4, -0.2) is 22.6 Å². The highest BCUT2D eigenvalue weighted by Crippen LogP contribution is 2.40. The second-order valence-electron chi connectivity index (χ2n) is 7.60. The maximum absolute atomic E-state index is 13.6. The van der Waals surface area contributed by atoms with Crippen molar-refractivity contribution in [1.29, 1.82) is 0 Å². The molecule has 1 amide bonds. The summed E-state index contributed by atoms with van der Waals surface area (Å²) in [6.07, 6.45) is 0. The highest BCUT2D eigenvalue weighted by molar-refractivity contribution is 9.10. The molecule has 6 nitrogen and oxygen atoms in total. The normalized spacial score (nSPS) is 15.3. The second-order valence-corrected chi connectivity index (χ2v) is 8.51. The standard InChI is InChI=1S/C25H21BrN4O2/c1-15-22(24(31)28-18-10-12-19(32-2)13-11-18)23(16-6-5-7-17(26)14-16)30-21-9-4-3-8-20(21)29-25(30)27-15/h3-14,23H,1-2H3,(H,27,29)(H,28,31)/t23-/m0/s1. The number of amides is 1. The van der Waals surface area contributed by atoms with Crippen LogP contribution in [0.5, 0.6) is 5.75 Å². The van der Waals surface area contributed by atoms with E-state index in [0.29, 0.717) is 11.3 Å². The van der Waals surface area contributed by atoms with Crippen LogP contribution in [0.1, 0.15) is 18.5 Å². The van der Waals surface area contributed by atoms with Gasteiger partial charge in [0.15, 0.2) is 0 Å². The van der Waals surface area contributed by atoms with Gasteiger partial charge < -0.3 is 15.4 Å². The number of hydrogen-bond donors (Lipinski definition) is 2. The molecule has 0 saturated carbocycles. The van der Waals surface area contributed by atoms with Crippen molar-refractivity contribution in [3.8, 4) is 5.75 Å². The summed E-state index contributed by atoms with van der Waals surface area (Å²) in [7, 11) is 1.62. The maximum atomic E-state index is 13.6. The molecule has 32 heavy (non-hydrogen) atoms. The highest BCUT2D eigenvalue weighted by atomic mass is 79.9. The summed E-state index contributed by atoms with van der Waals surface area (Å²) in [4.78, 5) is 18.3. The second kappa shape index (κ2) is 8.16. The van der Waals surface area contributed by atoms with E-state index in [2.05, 4.69) is 31.1 Å². The zero-order valence-corrected chi connectivity index (χ0v) is 19.2. The van der Waals surface area contributed by atoms with Crippen LogP contribution in [0.2, 0.25) is 0 Å². The first-order valence-corrected chi connectivity index (χ1v) is 11.0. The molecule has 3 aromatic carbocycles. The zero-order valence-electron chi connectivity index (χ0n) is 17.6. The molecule has 4 aromatic rings. The van der Waals surface area contributed by atoms with E-state index in [9.17, 15) is 4.79 Å². The number of benzene rings is 3. The number of aromatic nitrogens is 2. The van der Waals surface area contributed by atoms with Gasteiger partial charge in [0.2, 0.25) is 5.95 Å². The van der Waals surface area contributed by atoms with Gasteiger partial charge in [-0.3, -0.25) is 9.36 Å². The van der Waals surface area contributed by atoms with Gasteiger partial charge in [-0.15, -0.1) is 0 Å². The summed E-state index contributed by atoms with van der Waals surface area (Å²) in [6.45, 7) is 1.91. The molecule has 1 aliphatic rings. The van der Waals surface area contributed by atoms with Gasteiger partial charge in [0, 0.05) is 15.9 Å². The van der Waals surface area contributed by atoms with Crippen LogP contribution in [0.4, 0.5) is 11.6 Å². The number of nitrogens with zero attached hydrogens (tertiary/aromatic N) is 2. The van der Waals surface area contributed by atoms with Gasteiger partial charge >= 0.3 is 0 Å². The van der Waals surface area contributed by atoms with Gasteiger partial charge in [-0.05, 0) is 61.0 Å². The van der Waals surface area contributed by atoms with Crippen molar-refractivity contribution in [1.82, 2.24) is 9.55 Å². The number of ether oxygens (including phenoxy) is 1. The predicted octanol–water partition coefficient (Wildman–Crippen LogP) is 5.74. The molecule has 7 heteroatoms. The van der Waals surface area contributed by atoms with Gasteiger partial charge in [-0.2, -0.15) is 0 Å². The third-order valence-corrected chi connectivity index (χ3v) is 6.08. The summed E-state index contributed by atoms with van der Waals surface area (Å²) >= 11 is 3.58. The van der Waals surface area contributed by atoms with Crippen LogP contribution in [-0.2, 0) is 4.79 Å². The van der Waals surface area contributed by atoms with Crippen molar-refractivity contribution in [2.75, 3.05) is 17.7 Å². The van der Waals surface area contributed by atoms with E-state index >= 15 is 0 Å². The molecule has 2 N–H and O–H groups in total. The average Bonchev–Trinajstić information content (AvgIpc) is 3.16. The quantitative estimate of drug-likeness (QED) is 0.384. The van der Waals surface area contributed by atoms with Crippen LogP contribution in [0, 0.1) is 0 Å². The van der Waals surface area contributed by atoms with Crippen molar-refractivity contribution in [3.05, 3.63) is 94.1 Å². The van der Waals surface area contributed by atoms with Gasteiger partial charge in [-0.1, -0.05) is 40.2 Å². The third kappa shape index (κ3) is 3.54. The lowest BCUT2D eigenvalue weighted by molar-refractivity contribution is -0.113. The number of halogens is 1. The van der Waals surface area contributed by atoms with E-state index in [-0.39, 0.29) is 11.9 Å². The molecule has 160 valence electrons. The number of carbonyl (C=O) groups is 1. The number of hydrogen-bond acceptors (Lipinski definition) is 4. The maximum Gasteiger partial charge on any atom is 0.255 e. The van der Waals surface area contributed by atoms with E-state index in [1.165, 1.54) is 0 Å². The van der Waals surface area contributed by atoms with E-state index in [1.807, 2.05) is 79.7 Å². The molecule has 2 heterocycles. The fourth-order valence-electron chi connectivity index (χ4n) is 4.12. The number of para-hydroxylation sites is 2. The molecule has 0 unspecified atom stereocenters. The average molecular weight is 489 g/mol. The SMILES string of the molecule is COc1ccc(NC(=O)C2=C(C)Nc3nc4ccccc4n3[C@H]2c2cccc(Br)c2)cc1. The molecule has 1 atom stereocenters. The van der Waals surface area contributed by atoms with Crippen molar-refractivity contribution in [2.24, 2.45) is 0 Å². The Hall–Kier alpha value is -3.58. The largest absolute Gasteiger partial charge is 0.497 e. The molecule has 0 bridgehead atoms. The summed E-state index contributed by atoms with van der Waals surface area (Å²) in [5.74, 6) is 1.28. The number of anilines is 2. The molecule has 0 aliphatic carbocycles. The molecule has 1 aliphatic heterocycles. The van der Waals surface area contributed by atoms with E-state index in [4.69, 9.17) is 9.72 Å². The van der Waals surface area contributed by atoms with Crippen molar-refractivity contribution in [3.63, 3.8) is 0 Å². The number of carbonyl (C=O) groups excluding carboxylic acids is 1. The molecule has 5 rings (SSSR count). The Morgan fingerprint density at radius 1 is 1.09 bits per heavy atom. The first-order chi connectivity index (χ1) is 15.5. The topological polar surface area (TPSA) is 68.2 Å². The molecule has 0 radical (unpaired) electrons. The fraction of sp³-hybridized carbons (Fsp3) is 0.120. The summed E-state index contributed by atoms with van der Waals surface area (Å²) in [5, 5.41) is 6.38. The minimum atomic E-state index is -0.339. The third-order valence-electron chi connectivity index (χ3n) is 5.59. The first kappa shape index (κ1) is 20.3. The van der Waals surface area contributed by atoms with Crippen molar-refractivity contribution in [2.45, 2.75) is 13.0 Å². The minimum absolute atomic E-state index is 0.173. The number of imidazole rings is 1. The van der Waals surface area contributed by atoms with Gasteiger partial charge in [0.05, 0.1) is 29.8 Å². The summed E-state index contributed by atoms with van der Waals surface area (Å²) in [6, 6.07) is 23.0. The van der Waals surface area contributed by atoms with Crippen LogP contribution in [0.15, 0.2) is 88.5 Å². The van der Waals surface area contributed by atoms with Crippen LogP contribution in [0.25, 0.3) is 11.0 Å². The molecule has 0 spiro atoms. The summed E-state index contributed by atoms with van der Waals surface area (Å²) < 4.78 is 8.26. The lowest BCUT2D eigenvalue weighted by Crippen LogP contribution is -2.30. The van der Waals surface area contributed by atoms with E-state index < -0.39 is 0 Å². The van der Waals surface area contributed by atoms with Crippen molar-refractivity contribution < 1.29 is 9.53 Å². The molecular formula is C25H21BrN4O2. The molecule has 0 fully saturated rings. The lowest BCUT2D eigenvalue weighted by atomic mass is 9.94. The number of allylic oxidation sites excluding steroid dienone is 1. The predicted molar refractivity (Wildman–Crippen MR) is 130 cm³/mol. The van der Waals surface area contributed by atoms with Crippen LogP contribution in [0.3, 0.4) is 0 Å². The number of nitrogens with one attached hydrogen (secondary N) is 2. The Kier molecular flexibility index (Phi) is 5.19. The molecule has 0 saturated heterocycles. The highest BCUT2D eigenvalue weighted by Gasteiger charge is 2.34. The smallest absolute Gasteiger partial charge is 0.255 e. The van der Waals surface area contributed by atoms with Gasteiger partial charge in [-0.25, -0.2) is 4.98 Å². The number of fused-ring (bicyclic) bond motifs is 3. The Morgan fingerprint density at radius 3 is 2.62 bits per heavy atom.